The third-order valence-corrected chi connectivity index (χ3v) is 1.90. The van der Waals surface area contributed by atoms with Crippen molar-refractivity contribution >= 4 is 17.6 Å². The Hall–Kier alpha value is -0.320. The third kappa shape index (κ3) is 8.66. The van der Waals surface area contributed by atoms with Crippen LogP contribution in [-0.4, -0.2) is 39.9 Å². The lowest BCUT2D eigenvalue weighted by molar-refractivity contribution is -0.157. The number of aliphatic hydroxyl groups excluding tert-OH is 2. The molecule has 4 nitrogen and oxygen atoms in total. The summed E-state index contributed by atoms with van der Waals surface area (Å²) < 4.78 is 5.01. The summed E-state index contributed by atoms with van der Waals surface area (Å²) in [5, 5.41) is 18.5. The van der Waals surface area contributed by atoms with Gasteiger partial charge in [0.15, 0.2) is 0 Å². The van der Waals surface area contributed by atoms with Gasteiger partial charge in [0.25, 0.3) is 0 Å². The summed E-state index contributed by atoms with van der Waals surface area (Å²) in [6.45, 7) is 5.26. The lowest BCUT2D eigenvalue weighted by atomic mass is 10.1. The van der Waals surface area contributed by atoms with Crippen LogP contribution in [0.2, 0.25) is 0 Å². The van der Waals surface area contributed by atoms with Gasteiger partial charge in [-0.3, -0.25) is 4.79 Å². The number of esters is 1. The summed E-state index contributed by atoms with van der Waals surface area (Å²) in [7, 11) is 0. The molecule has 5 heteroatoms. The first-order valence-corrected chi connectivity index (χ1v) is 5.42. The van der Waals surface area contributed by atoms with Crippen LogP contribution in [0.3, 0.4) is 0 Å². The van der Waals surface area contributed by atoms with Gasteiger partial charge in [0.1, 0.15) is 5.60 Å². The largest absolute Gasteiger partial charge is 0.460 e. The molecule has 0 aromatic rings. The van der Waals surface area contributed by atoms with E-state index in [9.17, 15) is 9.90 Å². The van der Waals surface area contributed by atoms with Gasteiger partial charge in [-0.25, -0.2) is 0 Å². The molecule has 0 amide bonds. The molecule has 0 aliphatic heterocycles. The number of alkyl halides is 1. The van der Waals surface area contributed by atoms with E-state index in [-0.39, 0.29) is 18.7 Å². The summed E-state index contributed by atoms with van der Waals surface area (Å²) in [6, 6.07) is 0. The van der Waals surface area contributed by atoms with Gasteiger partial charge in [-0.05, 0) is 20.8 Å². The fourth-order valence-electron chi connectivity index (χ4n) is 1.04. The number of ether oxygens (including phenoxy) is 1. The van der Waals surface area contributed by atoms with E-state index in [4.69, 9.17) is 21.4 Å². The van der Waals surface area contributed by atoms with Crippen molar-refractivity contribution in [1.82, 2.24) is 0 Å². The second-order valence-electron chi connectivity index (χ2n) is 4.49. The highest BCUT2D eigenvalue weighted by Gasteiger charge is 2.20. The van der Waals surface area contributed by atoms with Crippen molar-refractivity contribution in [3.8, 4) is 0 Å². The van der Waals surface area contributed by atoms with E-state index in [2.05, 4.69) is 0 Å². The van der Waals surface area contributed by atoms with Crippen LogP contribution in [0.5, 0.6) is 0 Å². The van der Waals surface area contributed by atoms with E-state index >= 15 is 0 Å². The van der Waals surface area contributed by atoms with E-state index in [1.54, 1.807) is 20.8 Å². The Balaban J connectivity index is 3.87. The van der Waals surface area contributed by atoms with Gasteiger partial charge in [-0.15, -0.1) is 11.6 Å². The number of carbonyl (C=O) groups excluding carboxylic acids is 1. The van der Waals surface area contributed by atoms with Crippen molar-refractivity contribution in [1.29, 1.82) is 0 Å². The first-order valence-electron chi connectivity index (χ1n) is 4.88. The molecule has 0 saturated heterocycles. The molecule has 15 heavy (non-hydrogen) atoms. The molecule has 0 rings (SSSR count). The van der Waals surface area contributed by atoms with Gasteiger partial charge in [0, 0.05) is 12.3 Å². The van der Waals surface area contributed by atoms with Crippen LogP contribution in [-0.2, 0) is 9.53 Å². The molecule has 0 aliphatic carbocycles. The molecule has 0 saturated carbocycles. The monoisotopic (exact) mass is 238 g/mol. The van der Waals surface area contributed by atoms with Crippen LogP contribution in [0.1, 0.15) is 33.6 Å². The predicted molar refractivity (Wildman–Crippen MR) is 57.8 cm³/mol. The molecule has 0 unspecified atom stereocenters. The topological polar surface area (TPSA) is 66.8 Å². The van der Waals surface area contributed by atoms with E-state index in [1.807, 2.05) is 0 Å². The summed E-state index contributed by atoms with van der Waals surface area (Å²) in [5.41, 5.74) is -0.554. The molecule has 0 aromatic heterocycles. The molecule has 2 atom stereocenters. The van der Waals surface area contributed by atoms with Crippen molar-refractivity contribution in [2.24, 2.45) is 0 Å². The number of aliphatic hydroxyl groups is 2. The smallest absolute Gasteiger partial charge is 0.308 e. The van der Waals surface area contributed by atoms with Crippen LogP contribution in [0.4, 0.5) is 0 Å². The zero-order chi connectivity index (χ0) is 12.1. The average molecular weight is 239 g/mol. The van der Waals surface area contributed by atoms with Gasteiger partial charge < -0.3 is 14.9 Å². The Bertz CT molecular complexity index is 200. The second kappa shape index (κ2) is 6.30. The molecule has 0 aliphatic rings. The highest BCUT2D eigenvalue weighted by atomic mass is 35.5. The summed E-state index contributed by atoms with van der Waals surface area (Å²) in [5.74, 6) is -0.428. The van der Waals surface area contributed by atoms with Crippen LogP contribution in [0.15, 0.2) is 0 Å². The van der Waals surface area contributed by atoms with Crippen molar-refractivity contribution < 1.29 is 19.7 Å². The van der Waals surface area contributed by atoms with E-state index in [0.717, 1.165) is 0 Å². The second-order valence-corrected chi connectivity index (χ2v) is 4.80. The van der Waals surface area contributed by atoms with E-state index in [1.165, 1.54) is 0 Å². The van der Waals surface area contributed by atoms with Crippen LogP contribution in [0, 0.1) is 0 Å². The average Bonchev–Trinajstić information content (AvgIpc) is 1.99. The number of halogens is 1. The number of carbonyl (C=O) groups is 1. The standard InChI is InChI=1S/C10H19ClO4/c1-10(2,3)15-9(14)5-7(12)4-8(13)6-11/h7-8,12-13H,4-6H2,1-3H3/t7-,8-/m1/s1. The quantitative estimate of drug-likeness (QED) is 0.556. The normalized spacial score (nSPS) is 15.9. The Kier molecular flexibility index (Phi) is 6.17. The first-order chi connectivity index (χ1) is 6.74. The lowest BCUT2D eigenvalue weighted by Crippen LogP contribution is -2.28. The van der Waals surface area contributed by atoms with E-state index in [0.29, 0.717) is 0 Å². The van der Waals surface area contributed by atoms with Gasteiger partial charge in [0.05, 0.1) is 18.6 Å². The molecule has 0 radical (unpaired) electrons. The summed E-state index contributed by atoms with van der Waals surface area (Å²) in [6.07, 6.45) is -1.73. The zero-order valence-electron chi connectivity index (χ0n) is 9.36. The zero-order valence-corrected chi connectivity index (χ0v) is 10.1. The minimum Gasteiger partial charge on any atom is -0.460 e. The van der Waals surface area contributed by atoms with Crippen molar-refractivity contribution in [2.45, 2.75) is 51.4 Å². The molecule has 0 aromatic carbocycles. The Morgan fingerprint density at radius 3 is 2.27 bits per heavy atom. The Labute approximate surface area is 95.2 Å². The maximum Gasteiger partial charge on any atom is 0.308 e. The third-order valence-electron chi connectivity index (χ3n) is 1.54. The fraction of sp³-hybridized carbons (Fsp3) is 0.900. The van der Waals surface area contributed by atoms with Crippen molar-refractivity contribution in [2.75, 3.05) is 5.88 Å². The number of hydrogen-bond acceptors (Lipinski definition) is 4. The van der Waals surface area contributed by atoms with Crippen LogP contribution in [0.25, 0.3) is 0 Å². The maximum atomic E-state index is 11.2. The van der Waals surface area contributed by atoms with Crippen LogP contribution < -0.4 is 0 Å². The molecule has 0 heterocycles. The van der Waals surface area contributed by atoms with E-state index < -0.39 is 23.8 Å². The number of rotatable bonds is 5. The maximum absolute atomic E-state index is 11.2. The van der Waals surface area contributed by atoms with Crippen molar-refractivity contribution in [3.05, 3.63) is 0 Å². The van der Waals surface area contributed by atoms with Gasteiger partial charge in [0.2, 0.25) is 0 Å². The van der Waals surface area contributed by atoms with Crippen molar-refractivity contribution in [3.63, 3.8) is 0 Å². The lowest BCUT2D eigenvalue weighted by Gasteiger charge is -2.21. The van der Waals surface area contributed by atoms with Gasteiger partial charge in [-0.2, -0.15) is 0 Å². The Morgan fingerprint density at radius 2 is 1.87 bits per heavy atom. The highest BCUT2D eigenvalue weighted by Crippen LogP contribution is 2.11. The fourth-order valence-corrected chi connectivity index (χ4v) is 1.16. The molecule has 90 valence electrons. The highest BCUT2D eigenvalue weighted by molar-refractivity contribution is 6.18. The van der Waals surface area contributed by atoms with Crippen LogP contribution >= 0.6 is 11.6 Å². The van der Waals surface area contributed by atoms with Gasteiger partial charge >= 0.3 is 5.97 Å². The number of hydrogen-bond donors (Lipinski definition) is 2. The summed E-state index contributed by atoms with van der Waals surface area (Å²) >= 11 is 5.36. The molecule has 0 fully saturated rings. The molecule has 0 spiro atoms. The molecular formula is C10H19ClO4. The molecule has 0 bridgehead atoms. The minimum atomic E-state index is -0.909. The molecule has 2 N–H and O–H groups in total. The first kappa shape index (κ1) is 14.7. The van der Waals surface area contributed by atoms with Gasteiger partial charge in [-0.1, -0.05) is 0 Å². The SMILES string of the molecule is CC(C)(C)OC(=O)C[C@H](O)C[C@@H](O)CCl. The Morgan fingerprint density at radius 1 is 1.33 bits per heavy atom. The predicted octanol–water partition coefficient (Wildman–Crippen LogP) is 1.07. The minimum absolute atomic E-state index is 0.0470. The summed E-state index contributed by atoms with van der Waals surface area (Å²) in [4.78, 5) is 11.2. The molecular weight excluding hydrogens is 220 g/mol.